The topological polar surface area (TPSA) is 0 Å². The molecule has 0 rings (SSSR count). The van der Waals surface area contributed by atoms with E-state index < -0.39 is 0 Å². The van der Waals surface area contributed by atoms with Crippen molar-refractivity contribution in [1.82, 2.24) is 0 Å². The fourth-order valence-corrected chi connectivity index (χ4v) is 1.68. The molecule has 0 saturated carbocycles. The van der Waals surface area contributed by atoms with E-state index in [1.54, 1.807) is 0 Å². The Hall–Kier alpha value is 0.220. The zero-order valence-corrected chi connectivity index (χ0v) is 9.07. The zero-order chi connectivity index (χ0) is 8.53. The van der Waals surface area contributed by atoms with E-state index in [2.05, 4.69) is 29.4 Å². The maximum absolute atomic E-state index is 3.72. The first kappa shape index (κ1) is 11.2. The predicted molar refractivity (Wildman–Crippen MR) is 56.3 cm³/mol. The van der Waals surface area contributed by atoms with Gasteiger partial charge in [0.1, 0.15) is 0 Å². The molecule has 0 fully saturated rings. The van der Waals surface area contributed by atoms with Crippen LogP contribution in [0.1, 0.15) is 45.4 Å². The highest BCUT2D eigenvalue weighted by atomic mass is 79.9. The Morgan fingerprint density at radius 1 is 1.36 bits per heavy atom. The van der Waals surface area contributed by atoms with Gasteiger partial charge in [0.25, 0.3) is 0 Å². The van der Waals surface area contributed by atoms with Crippen molar-refractivity contribution in [2.45, 2.75) is 50.3 Å². The van der Waals surface area contributed by atoms with Crippen molar-refractivity contribution >= 4 is 15.9 Å². The number of rotatable bonds is 7. The molecule has 0 nitrogen and oxygen atoms in total. The quantitative estimate of drug-likeness (QED) is 0.340. The van der Waals surface area contributed by atoms with Crippen LogP contribution in [0.4, 0.5) is 0 Å². The lowest BCUT2D eigenvalue weighted by Crippen LogP contribution is -1.94. The Labute approximate surface area is 79.2 Å². The largest absolute Gasteiger partial charge is 0.103 e. The lowest BCUT2D eigenvalue weighted by molar-refractivity contribution is 0.623. The van der Waals surface area contributed by atoms with Crippen LogP contribution in [0.2, 0.25) is 0 Å². The van der Waals surface area contributed by atoms with Crippen LogP contribution in [0.25, 0.3) is 0 Å². The summed E-state index contributed by atoms with van der Waals surface area (Å²) in [5.41, 5.74) is 0. The summed E-state index contributed by atoms with van der Waals surface area (Å²) in [5, 5.41) is 0. The Morgan fingerprint density at radius 3 is 2.64 bits per heavy atom. The van der Waals surface area contributed by atoms with Gasteiger partial charge in [0, 0.05) is 4.83 Å². The molecule has 0 spiro atoms. The van der Waals surface area contributed by atoms with Crippen LogP contribution in [0.3, 0.4) is 0 Å². The Bertz CT molecular complexity index is 88.9. The molecule has 1 atom stereocenters. The minimum atomic E-state index is 0.664. The Balaban J connectivity index is 3.03. The fourth-order valence-electron chi connectivity index (χ4n) is 1.09. The van der Waals surface area contributed by atoms with Crippen molar-refractivity contribution in [3.05, 3.63) is 12.7 Å². The number of allylic oxidation sites excluding steroid dienone is 1. The molecule has 0 aromatic carbocycles. The summed E-state index contributed by atoms with van der Waals surface area (Å²) >= 11 is 3.62. The molecule has 0 heterocycles. The summed E-state index contributed by atoms with van der Waals surface area (Å²) in [5.74, 6) is 0. The van der Waals surface area contributed by atoms with Crippen molar-refractivity contribution in [1.29, 1.82) is 0 Å². The maximum atomic E-state index is 3.72. The molecule has 1 heteroatoms. The van der Waals surface area contributed by atoms with Crippen LogP contribution in [-0.4, -0.2) is 4.83 Å². The van der Waals surface area contributed by atoms with Gasteiger partial charge in [-0.2, -0.15) is 0 Å². The molecule has 0 bridgehead atoms. The van der Waals surface area contributed by atoms with Crippen molar-refractivity contribution in [3.8, 4) is 0 Å². The fraction of sp³-hybridized carbons (Fsp3) is 0.800. The molecule has 1 unspecified atom stereocenters. The minimum Gasteiger partial charge on any atom is -0.103 e. The third-order valence-corrected chi connectivity index (χ3v) is 2.62. The summed E-state index contributed by atoms with van der Waals surface area (Å²) in [4.78, 5) is 0.664. The monoisotopic (exact) mass is 218 g/mol. The standard InChI is InChI=1S/C10H19Br/c1-3-5-6-7-9-10(11)8-4-2/h4,10H,2-3,5-9H2,1H3. The highest BCUT2D eigenvalue weighted by molar-refractivity contribution is 9.09. The van der Waals surface area contributed by atoms with E-state index in [-0.39, 0.29) is 0 Å². The summed E-state index contributed by atoms with van der Waals surface area (Å²) in [6.45, 7) is 5.96. The lowest BCUT2D eigenvalue weighted by atomic mass is 10.1. The van der Waals surface area contributed by atoms with Gasteiger partial charge in [-0.1, -0.05) is 54.6 Å². The summed E-state index contributed by atoms with van der Waals surface area (Å²) in [6, 6.07) is 0. The lowest BCUT2D eigenvalue weighted by Gasteiger charge is -2.05. The summed E-state index contributed by atoms with van der Waals surface area (Å²) in [7, 11) is 0. The highest BCUT2D eigenvalue weighted by Crippen LogP contribution is 2.15. The Morgan fingerprint density at radius 2 is 2.09 bits per heavy atom. The molecule has 0 N–H and O–H groups in total. The van der Waals surface area contributed by atoms with Gasteiger partial charge in [0.15, 0.2) is 0 Å². The molecule has 0 aromatic heterocycles. The van der Waals surface area contributed by atoms with E-state index in [0.29, 0.717) is 4.83 Å². The first-order valence-electron chi connectivity index (χ1n) is 4.56. The third-order valence-electron chi connectivity index (χ3n) is 1.79. The van der Waals surface area contributed by atoms with Gasteiger partial charge in [-0.3, -0.25) is 0 Å². The highest BCUT2D eigenvalue weighted by Gasteiger charge is 1.99. The maximum Gasteiger partial charge on any atom is 0.0180 e. The molecule has 0 amide bonds. The van der Waals surface area contributed by atoms with E-state index in [1.165, 1.54) is 32.1 Å². The van der Waals surface area contributed by atoms with Crippen molar-refractivity contribution in [3.63, 3.8) is 0 Å². The van der Waals surface area contributed by atoms with Gasteiger partial charge in [0.05, 0.1) is 0 Å². The normalized spacial score (nSPS) is 12.9. The second-order valence-electron chi connectivity index (χ2n) is 2.97. The second kappa shape index (κ2) is 8.32. The van der Waals surface area contributed by atoms with Crippen LogP contribution in [0.15, 0.2) is 12.7 Å². The summed E-state index contributed by atoms with van der Waals surface area (Å²) < 4.78 is 0. The predicted octanol–water partition coefficient (Wildman–Crippen LogP) is 4.30. The molecule has 0 radical (unpaired) electrons. The summed E-state index contributed by atoms with van der Waals surface area (Å²) in [6.07, 6.45) is 9.84. The minimum absolute atomic E-state index is 0.664. The number of hydrogen-bond donors (Lipinski definition) is 0. The molecule has 0 aliphatic rings. The van der Waals surface area contributed by atoms with Gasteiger partial charge < -0.3 is 0 Å². The van der Waals surface area contributed by atoms with Crippen LogP contribution in [-0.2, 0) is 0 Å². The molecular formula is C10H19Br. The van der Waals surface area contributed by atoms with E-state index in [9.17, 15) is 0 Å². The third kappa shape index (κ3) is 8.12. The average molecular weight is 219 g/mol. The second-order valence-corrected chi connectivity index (χ2v) is 4.27. The van der Waals surface area contributed by atoms with E-state index in [1.807, 2.05) is 6.08 Å². The van der Waals surface area contributed by atoms with Crippen molar-refractivity contribution in [2.24, 2.45) is 0 Å². The van der Waals surface area contributed by atoms with E-state index in [0.717, 1.165) is 6.42 Å². The van der Waals surface area contributed by atoms with Gasteiger partial charge >= 0.3 is 0 Å². The SMILES string of the molecule is C=CCC(Br)CCCCCC. The van der Waals surface area contributed by atoms with Gasteiger partial charge in [-0.25, -0.2) is 0 Å². The van der Waals surface area contributed by atoms with Gasteiger partial charge in [-0.05, 0) is 12.8 Å². The molecule has 11 heavy (non-hydrogen) atoms. The smallest absolute Gasteiger partial charge is 0.0180 e. The number of halogens is 1. The van der Waals surface area contributed by atoms with Crippen LogP contribution < -0.4 is 0 Å². The molecule has 0 aromatic rings. The molecule has 66 valence electrons. The van der Waals surface area contributed by atoms with Gasteiger partial charge in [-0.15, -0.1) is 6.58 Å². The van der Waals surface area contributed by atoms with Crippen molar-refractivity contribution < 1.29 is 0 Å². The molecule has 0 aliphatic heterocycles. The Kier molecular flexibility index (Phi) is 8.48. The van der Waals surface area contributed by atoms with Crippen LogP contribution >= 0.6 is 15.9 Å². The van der Waals surface area contributed by atoms with Crippen molar-refractivity contribution in [2.75, 3.05) is 0 Å². The first-order chi connectivity index (χ1) is 5.31. The van der Waals surface area contributed by atoms with E-state index in [4.69, 9.17) is 0 Å². The first-order valence-corrected chi connectivity index (χ1v) is 5.47. The van der Waals surface area contributed by atoms with Crippen LogP contribution in [0.5, 0.6) is 0 Å². The number of hydrogen-bond acceptors (Lipinski definition) is 0. The number of alkyl halides is 1. The molecule has 0 saturated heterocycles. The number of unbranched alkanes of at least 4 members (excludes halogenated alkanes) is 3. The zero-order valence-electron chi connectivity index (χ0n) is 7.48. The molecule has 0 aliphatic carbocycles. The average Bonchev–Trinajstić information content (AvgIpc) is 1.99. The van der Waals surface area contributed by atoms with Crippen LogP contribution in [0, 0.1) is 0 Å². The van der Waals surface area contributed by atoms with E-state index >= 15 is 0 Å². The molecular weight excluding hydrogens is 200 g/mol. The van der Waals surface area contributed by atoms with Gasteiger partial charge in [0.2, 0.25) is 0 Å².